The lowest BCUT2D eigenvalue weighted by Crippen LogP contribution is -2.43. The summed E-state index contributed by atoms with van der Waals surface area (Å²) in [6, 6.07) is 25.1. The van der Waals surface area contributed by atoms with Gasteiger partial charge >= 0.3 is 0 Å². The summed E-state index contributed by atoms with van der Waals surface area (Å²) in [6.07, 6.45) is 5.01. The Bertz CT molecular complexity index is 1130. The molecule has 2 saturated heterocycles. The summed E-state index contributed by atoms with van der Waals surface area (Å²) in [7, 11) is 3.84. The molecule has 5 rings (SSSR count). The van der Waals surface area contributed by atoms with Crippen LogP contribution in [0.4, 0.5) is 0 Å². The van der Waals surface area contributed by atoms with Gasteiger partial charge in [-0.25, -0.2) is 0 Å². The second kappa shape index (κ2) is 9.90. The molecule has 0 aliphatic carbocycles. The van der Waals surface area contributed by atoms with E-state index in [1.165, 1.54) is 12.8 Å². The summed E-state index contributed by atoms with van der Waals surface area (Å²) in [5.41, 5.74) is 3.64. The first-order valence-corrected chi connectivity index (χ1v) is 12.1. The Balaban J connectivity index is 1.22. The van der Waals surface area contributed by atoms with E-state index in [9.17, 15) is 4.79 Å². The Morgan fingerprint density at radius 2 is 1.71 bits per heavy atom. The average Bonchev–Trinajstić information content (AvgIpc) is 3.07. The minimum absolute atomic E-state index is 0.158. The third kappa shape index (κ3) is 4.80. The molecule has 176 valence electrons. The number of carbonyl (C=O) groups is 1. The third-order valence-corrected chi connectivity index (χ3v) is 7.26. The molecule has 1 amide bonds. The fourth-order valence-electron chi connectivity index (χ4n) is 5.35. The van der Waals surface area contributed by atoms with Crippen LogP contribution >= 0.6 is 0 Å². The fourth-order valence-corrected chi connectivity index (χ4v) is 5.35. The summed E-state index contributed by atoms with van der Waals surface area (Å²) >= 11 is 0. The van der Waals surface area contributed by atoms with E-state index in [0.29, 0.717) is 29.9 Å². The number of amides is 1. The molecular weight excluding hydrogens is 424 g/mol. The third-order valence-electron chi connectivity index (χ3n) is 7.26. The van der Waals surface area contributed by atoms with E-state index in [1.807, 2.05) is 72.8 Å². The van der Waals surface area contributed by atoms with E-state index in [4.69, 9.17) is 9.47 Å². The SMILES string of the molecule is COc1cc(-c2ccccc2)ccc1C(=O)NCc1cccc(OC2CC3CCC(C2)N3C)c1. The van der Waals surface area contributed by atoms with Crippen LogP contribution in [0.3, 0.4) is 0 Å². The molecular formula is C29H32N2O3. The van der Waals surface area contributed by atoms with Crippen LogP contribution in [-0.4, -0.2) is 43.2 Å². The van der Waals surface area contributed by atoms with Crippen LogP contribution in [0.5, 0.6) is 11.5 Å². The highest BCUT2D eigenvalue weighted by Crippen LogP contribution is 2.36. The van der Waals surface area contributed by atoms with Gasteiger partial charge in [0.05, 0.1) is 12.7 Å². The molecule has 34 heavy (non-hydrogen) atoms. The van der Waals surface area contributed by atoms with Crippen molar-refractivity contribution in [1.29, 1.82) is 0 Å². The van der Waals surface area contributed by atoms with Gasteiger partial charge in [-0.2, -0.15) is 0 Å². The number of hydrogen-bond acceptors (Lipinski definition) is 4. The molecule has 2 unspecified atom stereocenters. The number of nitrogens with zero attached hydrogens (tertiary/aromatic N) is 1. The Morgan fingerprint density at radius 3 is 2.44 bits per heavy atom. The van der Waals surface area contributed by atoms with Crippen molar-refractivity contribution in [2.75, 3.05) is 14.2 Å². The highest BCUT2D eigenvalue weighted by Gasteiger charge is 2.39. The van der Waals surface area contributed by atoms with Crippen LogP contribution in [0, 0.1) is 0 Å². The lowest BCUT2D eigenvalue weighted by molar-refractivity contribution is 0.0661. The molecule has 3 aromatic carbocycles. The number of hydrogen-bond donors (Lipinski definition) is 1. The summed E-state index contributed by atoms with van der Waals surface area (Å²) < 4.78 is 11.9. The minimum Gasteiger partial charge on any atom is -0.496 e. The topological polar surface area (TPSA) is 50.8 Å². The molecule has 5 nitrogen and oxygen atoms in total. The number of piperidine rings is 1. The molecule has 1 N–H and O–H groups in total. The van der Waals surface area contributed by atoms with Crippen LogP contribution in [0.15, 0.2) is 72.8 Å². The van der Waals surface area contributed by atoms with Crippen LogP contribution in [0.1, 0.15) is 41.6 Å². The first-order chi connectivity index (χ1) is 16.6. The molecule has 0 spiro atoms. The maximum atomic E-state index is 12.9. The normalized spacial score (nSPS) is 21.8. The number of ether oxygens (including phenoxy) is 2. The standard InChI is InChI=1S/C29H32N2O3/c1-31-23-12-13-24(31)18-26(17-23)34-25-10-6-7-20(15-25)19-30-29(32)27-14-11-22(16-28(27)33-2)21-8-4-3-5-9-21/h3-11,14-16,23-24,26H,12-13,17-19H2,1-2H3,(H,30,32). The quantitative estimate of drug-likeness (QED) is 0.524. The van der Waals surface area contributed by atoms with Gasteiger partial charge in [-0.1, -0.05) is 48.5 Å². The van der Waals surface area contributed by atoms with E-state index >= 15 is 0 Å². The van der Waals surface area contributed by atoms with Gasteiger partial charge in [-0.05, 0) is 73.7 Å². The van der Waals surface area contributed by atoms with Crippen molar-refractivity contribution in [3.05, 3.63) is 83.9 Å². The summed E-state index contributed by atoms with van der Waals surface area (Å²) in [5.74, 6) is 1.29. The second-order valence-corrected chi connectivity index (χ2v) is 9.37. The zero-order valence-corrected chi connectivity index (χ0v) is 19.9. The van der Waals surface area contributed by atoms with Gasteiger partial charge in [-0.15, -0.1) is 0 Å². The zero-order valence-electron chi connectivity index (χ0n) is 19.9. The molecule has 0 aromatic heterocycles. The molecule has 2 heterocycles. The monoisotopic (exact) mass is 456 g/mol. The van der Waals surface area contributed by atoms with Gasteiger partial charge in [0.1, 0.15) is 17.6 Å². The Kier molecular flexibility index (Phi) is 6.54. The number of rotatable bonds is 7. The largest absolute Gasteiger partial charge is 0.496 e. The van der Waals surface area contributed by atoms with Crippen molar-refractivity contribution < 1.29 is 14.3 Å². The van der Waals surface area contributed by atoms with Crippen molar-refractivity contribution in [1.82, 2.24) is 10.2 Å². The van der Waals surface area contributed by atoms with Gasteiger partial charge in [0, 0.05) is 18.6 Å². The fraction of sp³-hybridized carbons (Fsp3) is 0.345. The van der Waals surface area contributed by atoms with Crippen molar-refractivity contribution in [3.8, 4) is 22.6 Å². The van der Waals surface area contributed by atoms with Gasteiger partial charge < -0.3 is 19.7 Å². The number of carbonyl (C=O) groups excluding carboxylic acids is 1. The number of methoxy groups -OCH3 is 1. The van der Waals surface area contributed by atoms with Crippen molar-refractivity contribution in [3.63, 3.8) is 0 Å². The summed E-state index contributed by atoms with van der Waals surface area (Å²) in [6.45, 7) is 0.429. The number of nitrogens with one attached hydrogen (secondary N) is 1. The Morgan fingerprint density at radius 1 is 0.941 bits per heavy atom. The van der Waals surface area contributed by atoms with Gasteiger partial charge in [-0.3, -0.25) is 4.79 Å². The number of fused-ring (bicyclic) bond motifs is 2. The molecule has 2 fully saturated rings. The molecule has 3 aromatic rings. The highest BCUT2D eigenvalue weighted by atomic mass is 16.5. The Hall–Kier alpha value is -3.31. The molecule has 0 radical (unpaired) electrons. The summed E-state index contributed by atoms with van der Waals surface area (Å²) in [5, 5.41) is 3.03. The maximum absolute atomic E-state index is 12.9. The average molecular weight is 457 g/mol. The second-order valence-electron chi connectivity index (χ2n) is 9.37. The van der Waals surface area contributed by atoms with Gasteiger partial charge in [0.25, 0.3) is 5.91 Å². The maximum Gasteiger partial charge on any atom is 0.255 e. The van der Waals surface area contributed by atoms with E-state index in [2.05, 4.69) is 17.3 Å². The lowest BCUT2D eigenvalue weighted by Gasteiger charge is -2.36. The predicted molar refractivity (Wildman–Crippen MR) is 134 cm³/mol. The van der Waals surface area contributed by atoms with Gasteiger partial charge in [0.2, 0.25) is 0 Å². The van der Waals surface area contributed by atoms with Crippen LogP contribution in [-0.2, 0) is 6.54 Å². The first-order valence-electron chi connectivity index (χ1n) is 12.1. The molecule has 2 aliphatic rings. The van der Waals surface area contributed by atoms with E-state index in [1.54, 1.807) is 7.11 Å². The van der Waals surface area contributed by atoms with E-state index in [0.717, 1.165) is 35.3 Å². The number of benzene rings is 3. The van der Waals surface area contributed by atoms with Crippen LogP contribution < -0.4 is 14.8 Å². The predicted octanol–water partition coefficient (Wildman–Crippen LogP) is 5.30. The van der Waals surface area contributed by atoms with Crippen molar-refractivity contribution in [2.45, 2.75) is 50.4 Å². The smallest absolute Gasteiger partial charge is 0.255 e. The van der Waals surface area contributed by atoms with E-state index < -0.39 is 0 Å². The zero-order chi connectivity index (χ0) is 23.5. The van der Waals surface area contributed by atoms with Crippen LogP contribution in [0.2, 0.25) is 0 Å². The molecule has 5 heteroatoms. The Labute approximate surface area is 201 Å². The van der Waals surface area contributed by atoms with Gasteiger partial charge in [0.15, 0.2) is 0 Å². The molecule has 2 aliphatic heterocycles. The first kappa shape index (κ1) is 22.5. The van der Waals surface area contributed by atoms with E-state index in [-0.39, 0.29) is 12.0 Å². The lowest BCUT2D eigenvalue weighted by atomic mass is 10.0. The van der Waals surface area contributed by atoms with Crippen LogP contribution in [0.25, 0.3) is 11.1 Å². The molecule has 2 atom stereocenters. The molecule has 0 saturated carbocycles. The summed E-state index contributed by atoms with van der Waals surface area (Å²) in [4.78, 5) is 15.5. The van der Waals surface area contributed by atoms with Crippen molar-refractivity contribution >= 4 is 5.91 Å². The van der Waals surface area contributed by atoms with Crippen molar-refractivity contribution in [2.24, 2.45) is 0 Å². The highest BCUT2D eigenvalue weighted by molar-refractivity contribution is 5.97. The molecule has 2 bridgehead atoms. The minimum atomic E-state index is -0.158.